The third-order valence-corrected chi connectivity index (χ3v) is 5.57. The summed E-state index contributed by atoms with van der Waals surface area (Å²) in [5, 5.41) is 1.99. The van der Waals surface area contributed by atoms with E-state index in [-0.39, 0.29) is 12.0 Å². The Hall–Kier alpha value is -1.44. The van der Waals surface area contributed by atoms with Crippen molar-refractivity contribution in [3.8, 4) is 0 Å². The summed E-state index contributed by atoms with van der Waals surface area (Å²) in [5.74, 6) is -2.56. The number of carbonyl (C=O) groups is 1. The van der Waals surface area contributed by atoms with Gasteiger partial charge in [0.2, 0.25) is 0 Å². The highest BCUT2D eigenvalue weighted by molar-refractivity contribution is 7.99. The monoisotopic (exact) mass is 383 g/mol. The summed E-state index contributed by atoms with van der Waals surface area (Å²) in [6.45, 7) is 1.82. The van der Waals surface area contributed by atoms with E-state index in [1.165, 1.54) is 0 Å². The number of ether oxygens (including phenoxy) is 1. The maximum absolute atomic E-state index is 12.9. The molecule has 0 spiro atoms. The predicted molar refractivity (Wildman–Crippen MR) is 96.3 cm³/mol. The molecule has 0 aliphatic carbocycles. The topological polar surface area (TPSA) is 29.5 Å². The van der Waals surface area contributed by atoms with Crippen molar-refractivity contribution in [3.05, 3.63) is 52.2 Å². The van der Waals surface area contributed by atoms with E-state index in [2.05, 4.69) is 0 Å². The number of rotatable bonds is 7. The number of hydrogen-bond donors (Lipinski definition) is 0. The number of hydrogen-bond acceptors (Lipinski definition) is 4. The summed E-state index contributed by atoms with van der Waals surface area (Å²) in [7, 11) is 0. The van der Waals surface area contributed by atoms with Crippen molar-refractivity contribution in [1.29, 1.82) is 0 Å². The number of thioether (sulfide) groups is 1. The molecular formula is C18H19F2NO2S2. The standard InChI is InChI=1S/C18H19F2NO2S2/c19-18(20)25-15-7-5-13(6-8-15)17(22)21(11-14-3-1-9-23-14)12-16-4-2-10-24-16/h2,4-8,10,14,18H,1,3,9,11-12H2. The minimum absolute atomic E-state index is 0.0672. The lowest BCUT2D eigenvalue weighted by atomic mass is 10.1. The second-order valence-electron chi connectivity index (χ2n) is 5.80. The minimum atomic E-state index is -2.46. The van der Waals surface area contributed by atoms with Gasteiger partial charge in [-0.25, -0.2) is 0 Å². The first-order valence-electron chi connectivity index (χ1n) is 8.10. The second-order valence-corrected chi connectivity index (χ2v) is 7.90. The van der Waals surface area contributed by atoms with Gasteiger partial charge >= 0.3 is 0 Å². The van der Waals surface area contributed by atoms with Crippen LogP contribution in [0.15, 0.2) is 46.7 Å². The Kier molecular flexibility index (Phi) is 6.45. The number of halogens is 2. The molecule has 0 N–H and O–H groups in total. The van der Waals surface area contributed by atoms with E-state index in [0.29, 0.717) is 35.3 Å². The second kappa shape index (κ2) is 8.78. The van der Waals surface area contributed by atoms with Gasteiger partial charge in [0.15, 0.2) is 0 Å². The summed E-state index contributed by atoms with van der Waals surface area (Å²) in [6.07, 6.45) is 2.04. The summed E-state index contributed by atoms with van der Waals surface area (Å²) >= 11 is 2.09. The smallest absolute Gasteiger partial charge is 0.288 e. The number of thiophene rings is 1. The van der Waals surface area contributed by atoms with Crippen molar-refractivity contribution in [2.45, 2.75) is 36.1 Å². The van der Waals surface area contributed by atoms with E-state index in [1.807, 2.05) is 17.5 Å². The third-order valence-electron chi connectivity index (χ3n) is 3.99. The molecule has 1 atom stereocenters. The zero-order chi connectivity index (χ0) is 17.6. The number of alkyl halides is 2. The zero-order valence-electron chi connectivity index (χ0n) is 13.6. The lowest BCUT2D eigenvalue weighted by Crippen LogP contribution is -2.36. The van der Waals surface area contributed by atoms with Crippen molar-refractivity contribution in [3.63, 3.8) is 0 Å². The van der Waals surface area contributed by atoms with E-state index in [9.17, 15) is 13.6 Å². The maximum atomic E-state index is 12.9. The van der Waals surface area contributed by atoms with Crippen molar-refractivity contribution < 1.29 is 18.3 Å². The van der Waals surface area contributed by atoms with Gasteiger partial charge < -0.3 is 9.64 Å². The fourth-order valence-electron chi connectivity index (χ4n) is 2.81. The summed E-state index contributed by atoms with van der Waals surface area (Å²) in [5.41, 5.74) is 0.508. The van der Waals surface area contributed by atoms with Crippen LogP contribution >= 0.6 is 23.1 Å². The molecule has 2 aromatic rings. The Labute approximate surface area is 154 Å². The average Bonchev–Trinajstić information content (AvgIpc) is 3.28. The van der Waals surface area contributed by atoms with Crippen molar-refractivity contribution >= 4 is 29.0 Å². The van der Waals surface area contributed by atoms with E-state index >= 15 is 0 Å². The summed E-state index contributed by atoms with van der Waals surface area (Å²) < 4.78 is 30.5. The summed E-state index contributed by atoms with van der Waals surface area (Å²) in [4.78, 5) is 16.3. The van der Waals surface area contributed by atoms with Crippen molar-refractivity contribution in [2.75, 3.05) is 13.2 Å². The number of benzene rings is 1. The Morgan fingerprint density at radius 3 is 2.72 bits per heavy atom. The molecule has 1 aromatic heterocycles. The molecule has 2 heterocycles. The minimum Gasteiger partial charge on any atom is -0.376 e. The summed E-state index contributed by atoms with van der Waals surface area (Å²) in [6, 6.07) is 10.3. The number of amides is 1. The van der Waals surface area contributed by atoms with Gasteiger partial charge in [0.05, 0.1) is 12.6 Å². The van der Waals surface area contributed by atoms with Gasteiger partial charge in [0.25, 0.3) is 11.7 Å². The van der Waals surface area contributed by atoms with Crippen molar-refractivity contribution in [1.82, 2.24) is 4.90 Å². The molecule has 0 bridgehead atoms. The van der Waals surface area contributed by atoms with Gasteiger partial charge in [-0.1, -0.05) is 17.8 Å². The molecule has 1 aromatic carbocycles. The first-order valence-corrected chi connectivity index (χ1v) is 9.86. The normalized spacial score (nSPS) is 17.2. The Bertz CT molecular complexity index is 671. The Morgan fingerprint density at radius 1 is 1.32 bits per heavy atom. The molecular weight excluding hydrogens is 364 g/mol. The predicted octanol–water partition coefficient (Wildman–Crippen LogP) is 4.88. The highest BCUT2D eigenvalue weighted by Gasteiger charge is 2.24. The van der Waals surface area contributed by atoms with E-state index in [4.69, 9.17) is 4.74 Å². The van der Waals surface area contributed by atoms with Crippen LogP contribution in [0.25, 0.3) is 0 Å². The molecule has 134 valence electrons. The lowest BCUT2D eigenvalue weighted by Gasteiger charge is -2.25. The van der Waals surface area contributed by atoms with E-state index in [1.54, 1.807) is 40.5 Å². The first kappa shape index (κ1) is 18.4. The highest BCUT2D eigenvalue weighted by atomic mass is 32.2. The van der Waals surface area contributed by atoms with Crippen LogP contribution in [0.4, 0.5) is 8.78 Å². The van der Waals surface area contributed by atoms with Gasteiger partial charge in [-0.2, -0.15) is 8.78 Å². The quantitative estimate of drug-likeness (QED) is 0.638. The molecule has 1 aliphatic rings. The van der Waals surface area contributed by atoms with Crippen LogP contribution in [0.5, 0.6) is 0 Å². The molecule has 3 nitrogen and oxygen atoms in total. The van der Waals surface area contributed by atoms with Crippen LogP contribution < -0.4 is 0 Å². The van der Waals surface area contributed by atoms with Crippen LogP contribution in [0.3, 0.4) is 0 Å². The molecule has 25 heavy (non-hydrogen) atoms. The molecule has 0 radical (unpaired) electrons. The first-order chi connectivity index (χ1) is 12.1. The molecule has 1 fully saturated rings. The molecule has 0 saturated carbocycles. The van der Waals surface area contributed by atoms with Crippen LogP contribution in [0, 0.1) is 0 Å². The van der Waals surface area contributed by atoms with Crippen LogP contribution in [-0.2, 0) is 11.3 Å². The highest BCUT2D eigenvalue weighted by Crippen LogP contribution is 2.26. The number of carbonyl (C=O) groups excluding carboxylic acids is 1. The van der Waals surface area contributed by atoms with Gasteiger partial charge in [0, 0.05) is 28.5 Å². The Morgan fingerprint density at radius 2 is 2.12 bits per heavy atom. The molecule has 7 heteroatoms. The number of nitrogens with zero attached hydrogens (tertiary/aromatic N) is 1. The maximum Gasteiger partial charge on any atom is 0.288 e. The molecule has 1 unspecified atom stereocenters. The van der Waals surface area contributed by atoms with Gasteiger partial charge in [0.1, 0.15) is 0 Å². The van der Waals surface area contributed by atoms with Crippen LogP contribution in [0.2, 0.25) is 0 Å². The van der Waals surface area contributed by atoms with E-state index in [0.717, 1.165) is 24.3 Å². The molecule has 1 aliphatic heterocycles. The van der Waals surface area contributed by atoms with Crippen molar-refractivity contribution in [2.24, 2.45) is 0 Å². The van der Waals surface area contributed by atoms with Gasteiger partial charge in [-0.15, -0.1) is 11.3 Å². The fraction of sp³-hybridized carbons (Fsp3) is 0.389. The molecule has 1 amide bonds. The molecule has 3 rings (SSSR count). The largest absolute Gasteiger partial charge is 0.376 e. The zero-order valence-corrected chi connectivity index (χ0v) is 15.2. The molecule has 1 saturated heterocycles. The van der Waals surface area contributed by atoms with E-state index < -0.39 is 5.76 Å². The van der Waals surface area contributed by atoms with Gasteiger partial charge in [-0.05, 0) is 48.6 Å². The van der Waals surface area contributed by atoms with Gasteiger partial charge in [-0.3, -0.25) is 4.79 Å². The fourth-order valence-corrected chi connectivity index (χ4v) is 4.02. The van der Waals surface area contributed by atoms with Crippen LogP contribution in [-0.4, -0.2) is 35.8 Å². The van der Waals surface area contributed by atoms with Crippen LogP contribution in [0.1, 0.15) is 28.1 Å². The Balaban J connectivity index is 1.72. The SMILES string of the molecule is O=C(c1ccc(SC(F)F)cc1)N(Cc1cccs1)CC1CCCO1. The third kappa shape index (κ3) is 5.26. The average molecular weight is 383 g/mol. The lowest BCUT2D eigenvalue weighted by molar-refractivity contribution is 0.0509.